The third kappa shape index (κ3) is 5.58. The van der Waals surface area contributed by atoms with E-state index in [-0.39, 0.29) is 22.9 Å². The van der Waals surface area contributed by atoms with Crippen LogP contribution in [0, 0.1) is 5.82 Å². The molecular formula is C27H33FN4O2. The summed E-state index contributed by atoms with van der Waals surface area (Å²) in [5.41, 5.74) is 5.45. The van der Waals surface area contributed by atoms with Gasteiger partial charge in [-0.3, -0.25) is 9.59 Å². The van der Waals surface area contributed by atoms with Crippen LogP contribution >= 0.6 is 0 Å². The number of aromatic nitrogens is 4. The van der Waals surface area contributed by atoms with Gasteiger partial charge >= 0.3 is 0 Å². The number of aromatic amines is 2. The molecule has 0 amide bonds. The number of hydrogen-bond donors (Lipinski definition) is 2. The zero-order valence-corrected chi connectivity index (χ0v) is 20.8. The maximum absolute atomic E-state index is 13.8. The highest BCUT2D eigenvalue weighted by Gasteiger charge is 2.11. The normalized spacial score (nSPS) is 11.3. The highest BCUT2D eigenvalue weighted by molar-refractivity contribution is 5.75. The molecule has 4 aromatic rings. The SMILES string of the molecule is CCCc1nc2ccc(C(C)C)cc2[nH]c1=O.CCc1nc2cc(F)c(C(C)C)cc2[nH]c1=O. The summed E-state index contributed by atoms with van der Waals surface area (Å²) in [7, 11) is 0. The fourth-order valence-corrected chi connectivity index (χ4v) is 3.75. The second kappa shape index (κ2) is 10.7. The smallest absolute Gasteiger partial charge is 0.270 e. The average Bonchev–Trinajstić information content (AvgIpc) is 2.79. The van der Waals surface area contributed by atoms with Gasteiger partial charge in [0.25, 0.3) is 11.1 Å². The van der Waals surface area contributed by atoms with Crippen molar-refractivity contribution in [2.24, 2.45) is 0 Å². The van der Waals surface area contributed by atoms with Crippen molar-refractivity contribution in [3.8, 4) is 0 Å². The van der Waals surface area contributed by atoms with E-state index in [0.717, 1.165) is 23.9 Å². The highest BCUT2D eigenvalue weighted by atomic mass is 19.1. The molecule has 34 heavy (non-hydrogen) atoms. The molecule has 2 aromatic carbocycles. The average molecular weight is 465 g/mol. The summed E-state index contributed by atoms with van der Waals surface area (Å²) in [6.45, 7) is 12.0. The fraction of sp³-hybridized carbons (Fsp3) is 0.407. The van der Waals surface area contributed by atoms with Crippen LogP contribution in [0.2, 0.25) is 0 Å². The standard InChI is InChI=1S/C14H18N2O.C13H15FN2O/c1-4-5-12-14(17)16-13-8-10(9(2)3)6-7-11(13)15-12;1-4-10-13(17)16-11-5-8(7(2)3)9(14)6-12(11)15-10/h6-9H,4-5H2,1-3H3,(H,16,17);5-7H,4H2,1-3H3,(H,16,17). The van der Waals surface area contributed by atoms with Gasteiger partial charge in [-0.15, -0.1) is 0 Å². The number of fused-ring (bicyclic) bond motifs is 2. The maximum atomic E-state index is 13.8. The zero-order valence-electron chi connectivity index (χ0n) is 20.8. The molecule has 0 aliphatic rings. The minimum absolute atomic E-state index is 0.0553. The number of nitrogens with zero attached hydrogens (tertiary/aromatic N) is 2. The number of H-pyrrole nitrogens is 2. The van der Waals surface area contributed by atoms with Crippen molar-refractivity contribution >= 4 is 22.1 Å². The predicted molar refractivity (Wildman–Crippen MR) is 136 cm³/mol. The number of hydrogen-bond acceptors (Lipinski definition) is 4. The van der Waals surface area contributed by atoms with Gasteiger partial charge in [-0.2, -0.15) is 0 Å². The molecule has 2 heterocycles. The van der Waals surface area contributed by atoms with Crippen LogP contribution in [0.3, 0.4) is 0 Å². The zero-order chi connectivity index (χ0) is 25.0. The number of nitrogens with one attached hydrogen (secondary N) is 2. The second-order valence-electron chi connectivity index (χ2n) is 9.11. The summed E-state index contributed by atoms with van der Waals surface area (Å²) >= 11 is 0. The lowest BCUT2D eigenvalue weighted by molar-refractivity contribution is 0.600. The van der Waals surface area contributed by atoms with E-state index in [1.807, 2.05) is 39.8 Å². The lowest BCUT2D eigenvalue weighted by atomic mass is 10.0. The van der Waals surface area contributed by atoms with E-state index >= 15 is 0 Å². The molecule has 0 radical (unpaired) electrons. The Morgan fingerprint density at radius 1 is 0.824 bits per heavy atom. The van der Waals surface area contributed by atoms with E-state index in [2.05, 4.69) is 39.8 Å². The molecule has 2 aromatic heterocycles. The Morgan fingerprint density at radius 2 is 1.44 bits per heavy atom. The number of halogens is 1. The molecule has 7 heteroatoms. The fourth-order valence-electron chi connectivity index (χ4n) is 3.75. The first-order valence-electron chi connectivity index (χ1n) is 11.9. The van der Waals surface area contributed by atoms with E-state index in [1.54, 1.807) is 6.07 Å². The molecule has 6 nitrogen and oxygen atoms in total. The Hall–Kier alpha value is -3.35. The van der Waals surface area contributed by atoms with Crippen LogP contribution in [0.15, 0.2) is 39.9 Å². The quantitative estimate of drug-likeness (QED) is 0.394. The molecule has 0 saturated heterocycles. The minimum Gasteiger partial charge on any atom is -0.319 e. The van der Waals surface area contributed by atoms with Crippen LogP contribution in [-0.4, -0.2) is 19.9 Å². The first-order chi connectivity index (χ1) is 16.1. The molecule has 2 N–H and O–H groups in total. The van der Waals surface area contributed by atoms with Crippen LogP contribution < -0.4 is 11.1 Å². The Kier molecular flexibility index (Phi) is 7.97. The van der Waals surface area contributed by atoms with Crippen LogP contribution in [0.5, 0.6) is 0 Å². The Bertz CT molecular complexity index is 1420. The van der Waals surface area contributed by atoms with Crippen molar-refractivity contribution in [3.05, 3.63) is 79.4 Å². The van der Waals surface area contributed by atoms with E-state index in [1.165, 1.54) is 11.6 Å². The van der Waals surface area contributed by atoms with Gasteiger partial charge in [0.2, 0.25) is 0 Å². The van der Waals surface area contributed by atoms with Crippen molar-refractivity contribution in [2.45, 2.75) is 72.6 Å². The predicted octanol–water partition coefficient (Wildman–Crippen LogP) is 5.75. The monoisotopic (exact) mass is 464 g/mol. The highest BCUT2D eigenvalue weighted by Crippen LogP contribution is 2.22. The molecule has 0 fully saturated rings. The maximum Gasteiger partial charge on any atom is 0.270 e. The van der Waals surface area contributed by atoms with Crippen LogP contribution in [-0.2, 0) is 12.8 Å². The van der Waals surface area contributed by atoms with Gasteiger partial charge in [-0.25, -0.2) is 14.4 Å². The Morgan fingerprint density at radius 3 is 2.03 bits per heavy atom. The van der Waals surface area contributed by atoms with Gasteiger partial charge in [-0.05, 0) is 54.0 Å². The minimum atomic E-state index is -0.269. The first-order valence-corrected chi connectivity index (χ1v) is 11.9. The van der Waals surface area contributed by atoms with E-state index < -0.39 is 0 Å². The van der Waals surface area contributed by atoms with E-state index in [4.69, 9.17) is 0 Å². The summed E-state index contributed by atoms with van der Waals surface area (Å²) in [5.74, 6) is 0.265. The van der Waals surface area contributed by atoms with Crippen LogP contribution in [0.25, 0.3) is 22.1 Å². The Labute approximate surface area is 198 Å². The van der Waals surface area contributed by atoms with Crippen molar-refractivity contribution in [1.29, 1.82) is 0 Å². The third-order valence-corrected chi connectivity index (χ3v) is 5.78. The first kappa shape index (κ1) is 25.3. The molecule has 180 valence electrons. The molecule has 0 bridgehead atoms. The largest absolute Gasteiger partial charge is 0.319 e. The summed E-state index contributed by atoms with van der Waals surface area (Å²) < 4.78 is 13.8. The van der Waals surface area contributed by atoms with Crippen molar-refractivity contribution < 1.29 is 4.39 Å². The van der Waals surface area contributed by atoms with Crippen molar-refractivity contribution in [1.82, 2.24) is 19.9 Å². The van der Waals surface area contributed by atoms with Gasteiger partial charge in [0, 0.05) is 6.07 Å². The molecule has 0 unspecified atom stereocenters. The van der Waals surface area contributed by atoms with Crippen molar-refractivity contribution in [2.75, 3.05) is 0 Å². The molecule has 4 rings (SSSR count). The van der Waals surface area contributed by atoms with Gasteiger partial charge in [0.15, 0.2) is 0 Å². The third-order valence-electron chi connectivity index (χ3n) is 5.78. The van der Waals surface area contributed by atoms with Crippen molar-refractivity contribution in [3.63, 3.8) is 0 Å². The number of aryl methyl sites for hydroxylation is 2. The molecule has 0 saturated carbocycles. The number of rotatable bonds is 5. The molecule has 0 aliphatic heterocycles. The summed E-state index contributed by atoms with van der Waals surface area (Å²) in [6, 6.07) is 9.14. The summed E-state index contributed by atoms with van der Waals surface area (Å²) in [4.78, 5) is 37.7. The lowest BCUT2D eigenvalue weighted by Gasteiger charge is -2.08. The molecular weight excluding hydrogens is 431 g/mol. The van der Waals surface area contributed by atoms with Gasteiger partial charge in [0.05, 0.1) is 22.1 Å². The van der Waals surface area contributed by atoms with Gasteiger partial charge < -0.3 is 9.97 Å². The van der Waals surface area contributed by atoms with E-state index in [0.29, 0.717) is 40.3 Å². The van der Waals surface area contributed by atoms with Crippen LogP contribution in [0.4, 0.5) is 4.39 Å². The topological polar surface area (TPSA) is 91.5 Å². The summed E-state index contributed by atoms with van der Waals surface area (Å²) in [5, 5.41) is 0. The number of benzene rings is 2. The van der Waals surface area contributed by atoms with Crippen LogP contribution in [0.1, 0.15) is 82.3 Å². The second-order valence-corrected chi connectivity index (χ2v) is 9.11. The Balaban J connectivity index is 0.000000191. The van der Waals surface area contributed by atoms with Gasteiger partial charge in [0.1, 0.15) is 17.2 Å². The summed E-state index contributed by atoms with van der Waals surface area (Å²) in [6.07, 6.45) is 2.21. The van der Waals surface area contributed by atoms with E-state index in [9.17, 15) is 14.0 Å². The molecule has 0 aliphatic carbocycles. The lowest BCUT2D eigenvalue weighted by Crippen LogP contribution is -2.15. The molecule has 0 atom stereocenters. The van der Waals surface area contributed by atoms with Gasteiger partial charge in [-0.1, -0.05) is 54.0 Å². The molecule has 0 spiro atoms.